The summed E-state index contributed by atoms with van der Waals surface area (Å²) in [6, 6.07) is 7.55. The number of rotatable bonds is 3. The Kier molecular flexibility index (Phi) is 4.69. The summed E-state index contributed by atoms with van der Waals surface area (Å²) in [6.45, 7) is 4.81. The fraction of sp³-hybridized carbons (Fsp3) is 0.471. The van der Waals surface area contributed by atoms with Crippen LogP contribution in [0.1, 0.15) is 12.0 Å². The molecule has 1 aromatic carbocycles. The van der Waals surface area contributed by atoms with Gasteiger partial charge in [-0.25, -0.2) is 0 Å². The highest BCUT2D eigenvalue weighted by atomic mass is 16.2. The average molecular weight is 330 g/mol. The first-order valence-corrected chi connectivity index (χ1v) is 8.19. The van der Waals surface area contributed by atoms with Crippen LogP contribution in [-0.4, -0.2) is 61.4 Å². The molecule has 1 aromatic rings. The zero-order chi connectivity index (χ0) is 17.1. The average Bonchev–Trinajstić information content (AvgIpc) is 2.58. The van der Waals surface area contributed by atoms with Crippen molar-refractivity contribution in [1.29, 1.82) is 0 Å². The highest BCUT2D eigenvalue weighted by Gasteiger charge is 2.30. The summed E-state index contributed by atoms with van der Waals surface area (Å²) in [4.78, 5) is 39.5. The Hall–Kier alpha value is -2.57. The van der Waals surface area contributed by atoms with Crippen molar-refractivity contribution in [3.05, 3.63) is 29.8 Å². The zero-order valence-electron chi connectivity index (χ0n) is 13.7. The highest BCUT2D eigenvalue weighted by Crippen LogP contribution is 2.18. The van der Waals surface area contributed by atoms with Crippen molar-refractivity contribution < 1.29 is 14.4 Å². The van der Waals surface area contributed by atoms with E-state index in [0.29, 0.717) is 13.1 Å². The van der Waals surface area contributed by atoms with E-state index in [4.69, 9.17) is 0 Å². The Bertz CT molecular complexity index is 653. The quantitative estimate of drug-likeness (QED) is 0.794. The molecular weight excluding hydrogens is 308 g/mol. The fourth-order valence-electron chi connectivity index (χ4n) is 3.09. The van der Waals surface area contributed by atoms with Gasteiger partial charge in [-0.05, 0) is 24.6 Å². The van der Waals surface area contributed by atoms with Gasteiger partial charge in [0.1, 0.15) is 6.04 Å². The van der Waals surface area contributed by atoms with E-state index in [2.05, 4.69) is 40.7 Å². The Morgan fingerprint density at radius 1 is 1.21 bits per heavy atom. The topological polar surface area (TPSA) is 81.8 Å². The van der Waals surface area contributed by atoms with Gasteiger partial charge in [0, 0.05) is 31.9 Å². The minimum absolute atomic E-state index is 0.0152. The van der Waals surface area contributed by atoms with Crippen molar-refractivity contribution in [2.75, 3.05) is 37.6 Å². The largest absolute Gasteiger partial charge is 0.368 e. The van der Waals surface area contributed by atoms with Crippen molar-refractivity contribution in [2.45, 2.75) is 19.4 Å². The van der Waals surface area contributed by atoms with Gasteiger partial charge < -0.3 is 20.4 Å². The van der Waals surface area contributed by atoms with Crippen LogP contribution < -0.4 is 15.5 Å². The maximum absolute atomic E-state index is 12.4. The van der Waals surface area contributed by atoms with E-state index < -0.39 is 6.04 Å². The summed E-state index contributed by atoms with van der Waals surface area (Å²) in [7, 11) is 0. The van der Waals surface area contributed by atoms with Gasteiger partial charge in [0.2, 0.25) is 17.7 Å². The minimum Gasteiger partial charge on any atom is -0.368 e. The molecular formula is C17H22N4O3. The summed E-state index contributed by atoms with van der Waals surface area (Å²) in [5, 5.41) is 5.06. The van der Waals surface area contributed by atoms with Crippen LogP contribution in [-0.2, 0) is 14.4 Å². The first-order valence-electron chi connectivity index (χ1n) is 8.19. The second-order valence-corrected chi connectivity index (χ2v) is 6.25. The number of nitrogens with zero attached hydrogens (tertiary/aromatic N) is 2. The van der Waals surface area contributed by atoms with Crippen LogP contribution in [0.25, 0.3) is 0 Å². The second kappa shape index (κ2) is 6.90. The number of hydrogen-bond donors (Lipinski definition) is 2. The third-order valence-corrected chi connectivity index (χ3v) is 4.45. The van der Waals surface area contributed by atoms with E-state index in [1.54, 1.807) is 4.90 Å². The van der Waals surface area contributed by atoms with Crippen molar-refractivity contribution in [3.63, 3.8) is 0 Å². The van der Waals surface area contributed by atoms with Crippen LogP contribution in [0.3, 0.4) is 0 Å². The molecule has 7 heteroatoms. The molecule has 0 bridgehead atoms. The lowest BCUT2D eigenvalue weighted by atomic mass is 10.1. The maximum atomic E-state index is 12.4. The van der Waals surface area contributed by atoms with Crippen molar-refractivity contribution in [1.82, 2.24) is 15.5 Å². The van der Waals surface area contributed by atoms with Gasteiger partial charge in [-0.15, -0.1) is 0 Å². The fourth-order valence-corrected chi connectivity index (χ4v) is 3.09. The number of nitrogens with one attached hydrogen (secondary N) is 2. The molecule has 2 fully saturated rings. The van der Waals surface area contributed by atoms with Gasteiger partial charge in [-0.1, -0.05) is 12.1 Å². The summed E-state index contributed by atoms with van der Waals surface area (Å²) in [5.41, 5.74) is 2.38. The van der Waals surface area contributed by atoms with Crippen LogP contribution in [0, 0.1) is 6.92 Å². The van der Waals surface area contributed by atoms with Crippen LogP contribution in [0.4, 0.5) is 5.69 Å². The zero-order valence-corrected chi connectivity index (χ0v) is 13.7. The number of piperazine rings is 2. The summed E-state index contributed by atoms with van der Waals surface area (Å²) >= 11 is 0. The lowest BCUT2D eigenvalue weighted by Crippen LogP contribution is -2.58. The van der Waals surface area contributed by atoms with Gasteiger partial charge >= 0.3 is 0 Å². The molecule has 0 radical (unpaired) electrons. The van der Waals surface area contributed by atoms with Gasteiger partial charge in [0.15, 0.2) is 0 Å². The van der Waals surface area contributed by atoms with E-state index in [-0.39, 0.29) is 30.7 Å². The number of anilines is 1. The number of carbonyl (C=O) groups excluding carboxylic acids is 3. The molecule has 2 aliphatic rings. The first-order chi connectivity index (χ1) is 11.5. The van der Waals surface area contributed by atoms with E-state index in [1.165, 1.54) is 11.3 Å². The maximum Gasteiger partial charge on any atom is 0.243 e. The number of benzene rings is 1. The molecule has 128 valence electrons. The molecule has 2 aliphatic heterocycles. The summed E-state index contributed by atoms with van der Waals surface area (Å²) in [5.74, 6) is -0.640. The third-order valence-electron chi connectivity index (χ3n) is 4.45. The predicted octanol–water partition coefficient (Wildman–Crippen LogP) is -0.352. The number of hydrogen-bond acceptors (Lipinski definition) is 4. The van der Waals surface area contributed by atoms with Crippen LogP contribution in [0.2, 0.25) is 0 Å². The molecule has 0 aromatic heterocycles. The molecule has 2 saturated heterocycles. The molecule has 1 unspecified atom stereocenters. The molecule has 24 heavy (non-hydrogen) atoms. The number of carbonyl (C=O) groups is 3. The summed E-state index contributed by atoms with van der Waals surface area (Å²) in [6.07, 6.45) is 0.0159. The standard InChI is InChI=1S/C17H22N4O3/c1-12-3-2-4-13(9-12)20-5-7-21(8-6-20)16(23)10-14-17(24)18-11-15(22)19-14/h2-4,9,14H,5-8,10-11H2,1H3,(H,18,24)(H,19,22). The molecule has 0 aliphatic carbocycles. The van der Waals surface area contributed by atoms with Crippen LogP contribution in [0.15, 0.2) is 24.3 Å². The highest BCUT2D eigenvalue weighted by molar-refractivity contribution is 5.97. The second-order valence-electron chi connectivity index (χ2n) is 6.25. The molecule has 0 saturated carbocycles. The van der Waals surface area contributed by atoms with Crippen LogP contribution in [0.5, 0.6) is 0 Å². The molecule has 2 N–H and O–H groups in total. The van der Waals surface area contributed by atoms with E-state index in [1.807, 2.05) is 6.07 Å². The number of amides is 3. The minimum atomic E-state index is -0.756. The van der Waals surface area contributed by atoms with Crippen molar-refractivity contribution in [3.8, 4) is 0 Å². The lowest BCUT2D eigenvalue weighted by molar-refractivity contribution is -0.138. The first kappa shape index (κ1) is 16.3. The van der Waals surface area contributed by atoms with E-state index in [9.17, 15) is 14.4 Å². The third kappa shape index (κ3) is 3.67. The van der Waals surface area contributed by atoms with Gasteiger partial charge in [0.05, 0.1) is 13.0 Å². The van der Waals surface area contributed by atoms with Gasteiger partial charge in [0.25, 0.3) is 0 Å². The monoisotopic (exact) mass is 330 g/mol. The summed E-state index contributed by atoms with van der Waals surface area (Å²) < 4.78 is 0. The van der Waals surface area contributed by atoms with Gasteiger partial charge in [-0.2, -0.15) is 0 Å². The Labute approximate surface area is 141 Å². The van der Waals surface area contributed by atoms with Crippen molar-refractivity contribution in [2.24, 2.45) is 0 Å². The molecule has 1 atom stereocenters. The lowest BCUT2D eigenvalue weighted by Gasteiger charge is -2.37. The Morgan fingerprint density at radius 3 is 2.67 bits per heavy atom. The van der Waals surface area contributed by atoms with E-state index >= 15 is 0 Å². The number of aryl methyl sites for hydroxylation is 1. The smallest absolute Gasteiger partial charge is 0.243 e. The Balaban J connectivity index is 1.53. The Morgan fingerprint density at radius 2 is 1.96 bits per heavy atom. The molecule has 2 heterocycles. The molecule has 3 rings (SSSR count). The van der Waals surface area contributed by atoms with E-state index in [0.717, 1.165) is 13.1 Å². The molecule has 3 amide bonds. The normalized spacial score (nSPS) is 21.3. The SMILES string of the molecule is Cc1cccc(N2CCN(C(=O)CC3NC(=O)CNC3=O)CC2)c1. The van der Waals surface area contributed by atoms with Crippen molar-refractivity contribution >= 4 is 23.4 Å². The molecule has 7 nitrogen and oxygen atoms in total. The van der Waals surface area contributed by atoms with Crippen LogP contribution >= 0.6 is 0 Å². The predicted molar refractivity (Wildman–Crippen MR) is 89.5 cm³/mol. The molecule has 0 spiro atoms. The van der Waals surface area contributed by atoms with Gasteiger partial charge in [-0.3, -0.25) is 14.4 Å².